The molecule has 2 heterocycles. The van der Waals surface area contributed by atoms with Gasteiger partial charge in [0.15, 0.2) is 5.13 Å². The third-order valence-electron chi connectivity index (χ3n) is 2.84. The van der Waals surface area contributed by atoms with Gasteiger partial charge in [-0.3, -0.25) is 0 Å². The van der Waals surface area contributed by atoms with E-state index in [1.54, 1.807) is 17.5 Å². The Morgan fingerprint density at radius 2 is 2.13 bits per heavy atom. The van der Waals surface area contributed by atoms with Crippen LogP contribution in [0, 0.1) is 11.8 Å². The average molecular weight is 226 g/mol. The van der Waals surface area contributed by atoms with Crippen molar-refractivity contribution in [2.24, 2.45) is 11.8 Å². The van der Waals surface area contributed by atoms with Crippen LogP contribution in [0.2, 0.25) is 0 Å². The van der Waals surface area contributed by atoms with E-state index in [1.807, 2.05) is 0 Å². The molecule has 0 aromatic carbocycles. The third-order valence-corrected chi connectivity index (χ3v) is 3.88. The van der Waals surface area contributed by atoms with Crippen molar-refractivity contribution in [1.82, 2.24) is 4.98 Å². The van der Waals surface area contributed by atoms with E-state index >= 15 is 0 Å². The van der Waals surface area contributed by atoms with E-state index in [9.17, 15) is 0 Å². The highest BCUT2D eigenvalue weighted by Gasteiger charge is 2.23. The van der Waals surface area contributed by atoms with Crippen molar-refractivity contribution in [2.45, 2.75) is 26.9 Å². The molecule has 1 aliphatic heterocycles. The highest BCUT2D eigenvalue weighted by molar-refractivity contribution is 7.15. The molecule has 1 aromatic heterocycles. The number of aliphatic hydroxyl groups is 1. The molecule has 2 rings (SSSR count). The standard InChI is InChI=1S/C11H18N2OS/c1-8-3-9(2)6-13(5-8)11-12-4-10(7-14)15-11/h4,8-9,14H,3,5-7H2,1-2H3. The maximum Gasteiger partial charge on any atom is 0.185 e. The summed E-state index contributed by atoms with van der Waals surface area (Å²) >= 11 is 1.61. The van der Waals surface area contributed by atoms with Gasteiger partial charge in [-0.15, -0.1) is 0 Å². The van der Waals surface area contributed by atoms with Crippen LogP contribution < -0.4 is 4.90 Å². The van der Waals surface area contributed by atoms with Gasteiger partial charge in [0.1, 0.15) is 0 Å². The van der Waals surface area contributed by atoms with Gasteiger partial charge < -0.3 is 10.0 Å². The topological polar surface area (TPSA) is 36.4 Å². The van der Waals surface area contributed by atoms with Crippen LogP contribution in [0.4, 0.5) is 5.13 Å². The smallest absolute Gasteiger partial charge is 0.185 e. The lowest BCUT2D eigenvalue weighted by Gasteiger charge is -2.34. The number of thiazole rings is 1. The second kappa shape index (κ2) is 4.49. The average Bonchev–Trinajstić information content (AvgIpc) is 2.64. The maximum atomic E-state index is 9.01. The number of anilines is 1. The molecule has 1 aliphatic rings. The van der Waals surface area contributed by atoms with E-state index in [4.69, 9.17) is 5.11 Å². The molecule has 2 unspecified atom stereocenters. The van der Waals surface area contributed by atoms with Crippen LogP contribution in [0.3, 0.4) is 0 Å². The van der Waals surface area contributed by atoms with Crippen molar-refractivity contribution in [3.8, 4) is 0 Å². The number of piperidine rings is 1. The van der Waals surface area contributed by atoms with Crippen molar-refractivity contribution in [3.63, 3.8) is 0 Å². The molecule has 0 aliphatic carbocycles. The highest BCUT2D eigenvalue weighted by Crippen LogP contribution is 2.29. The zero-order chi connectivity index (χ0) is 10.8. The van der Waals surface area contributed by atoms with E-state index in [-0.39, 0.29) is 6.61 Å². The summed E-state index contributed by atoms with van der Waals surface area (Å²) in [6.07, 6.45) is 3.10. The Morgan fingerprint density at radius 3 is 2.67 bits per heavy atom. The number of aliphatic hydroxyl groups excluding tert-OH is 1. The van der Waals surface area contributed by atoms with E-state index in [0.29, 0.717) is 0 Å². The summed E-state index contributed by atoms with van der Waals surface area (Å²) in [5, 5.41) is 10.1. The Hall–Kier alpha value is -0.610. The molecule has 3 nitrogen and oxygen atoms in total. The van der Waals surface area contributed by atoms with Crippen LogP contribution in [-0.2, 0) is 6.61 Å². The summed E-state index contributed by atoms with van der Waals surface area (Å²) in [5.74, 6) is 1.49. The second-order valence-corrected chi connectivity index (χ2v) is 5.71. The molecule has 1 fully saturated rings. The molecule has 1 aromatic rings. The first-order valence-corrected chi connectivity index (χ1v) is 6.31. The molecule has 0 saturated carbocycles. The number of aromatic nitrogens is 1. The molecule has 15 heavy (non-hydrogen) atoms. The fraction of sp³-hybridized carbons (Fsp3) is 0.727. The van der Waals surface area contributed by atoms with E-state index < -0.39 is 0 Å². The SMILES string of the molecule is CC1CC(C)CN(c2ncc(CO)s2)C1. The molecule has 4 heteroatoms. The van der Waals surface area contributed by atoms with Gasteiger partial charge in [-0.2, -0.15) is 0 Å². The summed E-state index contributed by atoms with van der Waals surface area (Å²) in [5.41, 5.74) is 0. The van der Waals surface area contributed by atoms with Crippen LogP contribution in [0.25, 0.3) is 0 Å². The molecule has 0 bridgehead atoms. The van der Waals surface area contributed by atoms with Gasteiger partial charge in [0.2, 0.25) is 0 Å². The zero-order valence-electron chi connectivity index (χ0n) is 9.31. The molecule has 0 radical (unpaired) electrons. The van der Waals surface area contributed by atoms with Crippen LogP contribution in [-0.4, -0.2) is 23.2 Å². The quantitative estimate of drug-likeness (QED) is 0.839. The summed E-state index contributed by atoms with van der Waals surface area (Å²) in [4.78, 5) is 7.67. The number of hydrogen-bond donors (Lipinski definition) is 1. The van der Waals surface area contributed by atoms with Crippen molar-refractivity contribution in [2.75, 3.05) is 18.0 Å². The highest BCUT2D eigenvalue weighted by atomic mass is 32.1. The Kier molecular flexibility index (Phi) is 3.26. The minimum Gasteiger partial charge on any atom is -0.391 e. The van der Waals surface area contributed by atoms with E-state index in [2.05, 4.69) is 23.7 Å². The van der Waals surface area contributed by atoms with Gasteiger partial charge in [0, 0.05) is 19.3 Å². The number of hydrogen-bond acceptors (Lipinski definition) is 4. The van der Waals surface area contributed by atoms with Gasteiger partial charge in [-0.25, -0.2) is 4.98 Å². The van der Waals surface area contributed by atoms with Crippen LogP contribution in [0.5, 0.6) is 0 Å². The van der Waals surface area contributed by atoms with Crippen molar-refractivity contribution in [3.05, 3.63) is 11.1 Å². The lowest BCUT2D eigenvalue weighted by Crippen LogP contribution is -2.38. The fourth-order valence-corrected chi connectivity index (χ4v) is 3.12. The lowest BCUT2D eigenvalue weighted by molar-refractivity contribution is 0.285. The Morgan fingerprint density at radius 1 is 1.47 bits per heavy atom. The molecule has 84 valence electrons. The predicted octanol–water partition coefficient (Wildman–Crippen LogP) is 2.12. The minimum absolute atomic E-state index is 0.108. The fourth-order valence-electron chi connectivity index (χ4n) is 2.34. The first-order chi connectivity index (χ1) is 7.19. The van der Waals surface area contributed by atoms with Crippen LogP contribution in [0.1, 0.15) is 25.1 Å². The monoisotopic (exact) mass is 226 g/mol. The van der Waals surface area contributed by atoms with Gasteiger partial charge in [-0.05, 0) is 18.3 Å². The van der Waals surface area contributed by atoms with E-state index in [0.717, 1.165) is 34.9 Å². The molecule has 1 saturated heterocycles. The predicted molar refractivity (Wildman–Crippen MR) is 63.2 cm³/mol. The Balaban J connectivity index is 2.09. The first-order valence-electron chi connectivity index (χ1n) is 5.49. The largest absolute Gasteiger partial charge is 0.391 e. The summed E-state index contributed by atoms with van der Waals surface area (Å²) in [6.45, 7) is 6.90. The third kappa shape index (κ3) is 2.49. The molecule has 2 atom stereocenters. The lowest BCUT2D eigenvalue weighted by atomic mass is 9.92. The summed E-state index contributed by atoms with van der Waals surface area (Å²) in [6, 6.07) is 0. The summed E-state index contributed by atoms with van der Waals surface area (Å²) < 4.78 is 0. The first kappa shape index (κ1) is 10.9. The van der Waals surface area contributed by atoms with Gasteiger partial charge in [-0.1, -0.05) is 25.2 Å². The Bertz CT molecular complexity index is 316. The van der Waals surface area contributed by atoms with Crippen LogP contribution in [0.15, 0.2) is 6.20 Å². The van der Waals surface area contributed by atoms with Crippen LogP contribution >= 0.6 is 11.3 Å². The number of rotatable bonds is 2. The number of nitrogens with zero attached hydrogens (tertiary/aromatic N) is 2. The molecular weight excluding hydrogens is 208 g/mol. The van der Waals surface area contributed by atoms with Crippen molar-refractivity contribution in [1.29, 1.82) is 0 Å². The molecular formula is C11H18N2OS. The summed E-state index contributed by atoms with van der Waals surface area (Å²) in [7, 11) is 0. The second-order valence-electron chi connectivity index (χ2n) is 4.62. The van der Waals surface area contributed by atoms with Gasteiger partial charge in [0.05, 0.1) is 11.5 Å². The maximum absolute atomic E-state index is 9.01. The van der Waals surface area contributed by atoms with Gasteiger partial charge in [0.25, 0.3) is 0 Å². The van der Waals surface area contributed by atoms with E-state index in [1.165, 1.54) is 6.42 Å². The molecule has 1 N–H and O–H groups in total. The zero-order valence-corrected chi connectivity index (χ0v) is 10.1. The molecule has 0 amide bonds. The molecule has 0 spiro atoms. The minimum atomic E-state index is 0.108. The Labute approximate surface area is 94.8 Å². The van der Waals surface area contributed by atoms with Gasteiger partial charge >= 0.3 is 0 Å². The normalized spacial score (nSPS) is 27.0. The van der Waals surface area contributed by atoms with Crippen molar-refractivity contribution >= 4 is 16.5 Å². The van der Waals surface area contributed by atoms with Crippen molar-refractivity contribution < 1.29 is 5.11 Å².